The molecule has 0 aliphatic carbocycles. The minimum absolute atomic E-state index is 0.00373. The predicted octanol–water partition coefficient (Wildman–Crippen LogP) is -0.681. The van der Waals surface area contributed by atoms with Crippen molar-refractivity contribution in [3.8, 4) is 5.75 Å². The fourth-order valence-corrected chi connectivity index (χ4v) is 6.56. The molecule has 0 spiro atoms. The number of sulfonamides is 1. The maximum Gasteiger partial charge on any atom is 0.289 e. The summed E-state index contributed by atoms with van der Waals surface area (Å²) in [4.78, 5) is 62.9. The van der Waals surface area contributed by atoms with Gasteiger partial charge in [0.05, 0.1) is 17.5 Å². The second-order valence-electron chi connectivity index (χ2n) is 10.9. The van der Waals surface area contributed by atoms with Gasteiger partial charge in [-0.1, -0.05) is 54.6 Å². The molecule has 0 bridgehead atoms. The number of carbonyl (C=O) groups excluding carboxylic acids is 4. The number of hydrogen-bond acceptors (Lipinski definition) is 10. The van der Waals surface area contributed by atoms with E-state index < -0.39 is 86.9 Å². The molecule has 0 saturated carbocycles. The lowest BCUT2D eigenvalue weighted by molar-refractivity contribution is -0.387. The van der Waals surface area contributed by atoms with Crippen LogP contribution in [0.4, 0.5) is 5.69 Å². The Hall–Kier alpha value is -5.39. The van der Waals surface area contributed by atoms with Crippen molar-refractivity contribution in [1.82, 2.24) is 25.6 Å². The van der Waals surface area contributed by atoms with Gasteiger partial charge in [-0.25, -0.2) is 8.42 Å². The number of phenols is 1. The molecule has 48 heavy (non-hydrogen) atoms. The number of aromatic hydroxyl groups is 1. The fourth-order valence-electron chi connectivity index (χ4n) is 4.95. The van der Waals surface area contributed by atoms with Crippen molar-refractivity contribution in [2.75, 3.05) is 26.2 Å². The highest BCUT2D eigenvalue weighted by atomic mass is 32.2. The van der Waals surface area contributed by atoms with Crippen molar-refractivity contribution in [2.24, 2.45) is 5.73 Å². The van der Waals surface area contributed by atoms with Gasteiger partial charge >= 0.3 is 0 Å². The molecule has 7 N–H and O–H groups in total. The lowest BCUT2D eigenvalue weighted by atomic mass is 10.1. The van der Waals surface area contributed by atoms with E-state index in [0.717, 1.165) is 22.0 Å². The van der Waals surface area contributed by atoms with E-state index in [9.17, 15) is 42.8 Å². The van der Waals surface area contributed by atoms with Gasteiger partial charge in [-0.2, -0.15) is 4.31 Å². The number of nitrogens with zero attached hydrogens (tertiary/aromatic N) is 2. The Morgan fingerprint density at radius 2 is 1.65 bits per heavy atom. The number of carbonyl (C=O) groups is 4. The van der Waals surface area contributed by atoms with Gasteiger partial charge in [0.2, 0.25) is 33.7 Å². The van der Waals surface area contributed by atoms with Gasteiger partial charge in [-0.05, 0) is 35.7 Å². The van der Waals surface area contributed by atoms with Gasteiger partial charge in [-0.15, -0.1) is 0 Å². The van der Waals surface area contributed by atoms with Gasteiger partial charge in [0.1, 0.15) is 17.8 Å². The number of nitro benzene ring substituents is 1. The molecule has 17 heteroatoms. The molecule has 1 heterocycles. The van der Waals surface area contributed by atoms with E-state index in [1.807, 2.05) is 0 Å². The van der Waals surface area contributed by atoms with Gasteiger partial charge in [0, 0.05) is 32.1 Å². The van der Waals surface area contributed by atoms with E-state index in [2.05, 4.69) is 21.3 Å². The van der Waals surface area contributed by atoms with Gasteiger partial charge in [0.15, 0.2) is 4.90 Å². The summed E-state index contributed by atoms with van der Waals surface area (Å²) >= 11 is 0. The van der Waals surface area contributed by atoms with Crippen molar-refractivity contribution in [3.05, 3.63) is 100 Å². The summed E-state index contributed by atoms with van der Waals surface area (Å²) in [5.41, 5.74) is 6.69. The minimum atomic E-state index is -4.72. The molecule has 254 valence electrons. The zero-order valence-corrected chi connectivity index (χ0v) is 26.4. The third kappa shape index (κ3) is 9.34. The molecule has 4 rings (SSSR count). The van der Waals surface area contributed by atoms with Crippen LogP contribution in [0.3, 0.4) is 0 Å². The molecule has 1 aliphatic heterocycles. The van der Waals surface area contributed by atoms with E-state index in [0.29, 0.717) is 5.56 Å². The Balaban J connectivity index is 1.65. The highest BCUT2D eigenvalue weighted by Crippen LogP contribution is 2.26. The normalized spacial score (nSPS) is 18.9. The fraction of sp³-hybridized carbons (Fsp3) is 0.290. The van der Waals surface area contributed by atoms with Crippen LogP contribution in [0.1, 0.15) is 11.1 Å². The van der Waals surface area contributed by atoms with Crippen molar-refractivity contribution in [2.45, 2.75) is 35.9 Å². The van der Waals surface area contributed by atoms with Crippen LogP contribution in [0.15, 0.2) is 83.8 Å². The molecular weight excluding hydrogens is 646 g/mol. The van der Waals surface area contributed by atoms with Crippen LogP contribution in [-0.2, 0) is 42.0 Å². The molecule has 0 radical (unpaired) electrons. The molecule has 0 unspecified atom stereocenters. The largest absolute Gasteiger partial charge is 0.508 e. The Labute approximate surface area is 275 Å². The zero-order valence-electron chi connectivity index (χ0n) is 25.6. The quantitative estimate of drug-likeness (QED) is 0.123. The van der Waals surface area contributed by atoms with Gasteiger partial charge in [0.25, 0.3) is 5.69 Å². The second-order valence-corrected chi connectivity index (χ2v) is 12.9. The first kappa shape index (κ1) is 35.5. The van der Waals surface area contributed by atoms with Crippen molar-refractivity contribution >= 4 is 39.3 Å². The molecule has 1 fully saturated rings. The first-order valence-corrected chi connectivity index (χ1v) is 16.3. The van der Waals surface area contributed by atoms with Crippen molar-refractivity contribution < 1.29 is 37.6 Å². The first-order valence-electron chi connectivity index (χ1n) is 14.8. The van der Waals surface area contributed by atoms with Crippen LogP contribution in [0.2, 0.25) is 0 Å². The summed E-state index contributed by atoms with van der Waals surface area (Å²) < 4.78 is 28.6. The SMILES string of the molecule is N[C@@H](Cc1ccc(O)cc1)C(=O)N[C@@H]1CN(S(=O)(=O)c2ccccc2[N+](=O)[O-])CCNC(=O)[C@H](Cc2ccccc2)NC(=O)CNC1=O. The molecule has 1 aliphatic rings. The number of amides is 4. The van der Waals surface area contributed by atoms with Crippen LogP contribution in [0.5, 0.6) is 5.75 Å². The third-order valence-electron chi connectivity index (χ3n) is 7.45. The first-order chi connectivity index (χ1) is 22.8. The van der Waals surface area contributed by atoms with Gasteiger partial charge < -0.3 is 32.1 Å². The van der Waals surface area contributed by atoms with Crippen molar-refractivity contribution in [3.63, 3.8) is 0 Å². The molecule has 1 saturated heterocycles. The van der Waals surface area contributed by atoms with E-state index in [1.165, 1.54) is 24.3 Å². The third-order valence-corrected chi connectivity index (χ3v) is 9.36. The van der Waals surface area contributed by atoms with Crippen LogP contribution < -0.4 is 27.0 Å². The number of nitrogens with one attached hydrogen (secondary N) is 4. The lowest BCUT2D eigenvalue weighted by Crippen LogP contribution is -2.57. The summed E-state index contributed by atoms with van der Waals surface area (Å²) in [6.45, 7) is -2.14. The minimum Gasteiger partial charge on any atom is -0.508 e. The standard InChI is InChI=1S/C31H35N7O9S/c32-23(16-21-10-12-22(39)13-11-21)29(41)36-25-19-37(48(46,47)27-9-5-4-8-26(27)38(44)45)15-14-33-30(42)24(17-20-6-2-1-3-7-20)35-28(40)18-34-31(25)43/h1-13,23-25,39H,14-19,32H2,(H,33,42)(H,34,43)(H,35,40)(H,36,41)/t23-,24-,25+/m0/s1. The van der Waals surface area contributed by atoms with Crippen molar-refractivity contribution in [1.29, 1.82) is 0 Å². The number of nitro groups is 1. The van der Waals surface area contributed by atoms with E-state index in [1.54, 1.807) is 42.5 Å². The molecule has 16 nitrogen and oxygen atoms in total. The summed E-state index contributed by atoms with van der Waals surface area (Å²) in [5, 5.41) is 31.2. The number of para-hydroxylation sites is 1. The molecule has 0 aromatic heterocycles. The molecule has 4 amide bonds. The van der Waals surface area contributed by atoms with E-state index in [-0.39, 0.29) is 25.1 Å². The number of nitrogens with two attached hydrogens (primary N) is 1. The molecular formula is C31H35N7O9S. The van der Waals surface area contributed by atoms with Gasteiger partial charge in [-0.3, -0.25) is 29.3 Å². The zero-order chi connectivity index (χ0) is 34.8. The number of phenolic OH excluding ortho intramolecular Hbond substituents is 1. The molecule has 3 aromatic carbocycles. The average Bonchev–Trinajstić information content (AvgIpc) is 3.07. The average molecular weight is 682 g/mol. The predicted molar refractivity (Wildman–Crippen MR) is 172 cm³/mol. The van der Waals surface area contributed by atoms with E-state index >= 15 is 0 Å². The molecule has 3 aromatic rings. The van der Waals surface area contributed by atoms with Crippen LogP contribution in [0.25, 0.3) is 0 Å². The highest BCUT2D eigenvalue weighted by molar-refractivity contribution is 7.89. The number of benzene rings is 3. The molecule has 3 atom stereocenters. The Bertz CT molecular complexity index is 1760. The summed E-state index contributed by atoms with van der Waals surface area (Å²) in [5.74, 6) is -3.14. The Kier molecular flexibility index (Phi) is 11.8. The smallest absolute Gasteiger partial charge is 0.289 e. The topological polar surface area (TPSA) is 243 Å². The summed E-state index contributed by atoms with van der Waals surface area (Å²) in [7, 11) is -4.72. The maximum absolute atomic E-state index is 13.9. The Morgan fingerprint density at radius 3 is 2.33 bits per heavy atom. The monoisotopic (exact) mass is 681 g/mol. The van der Waals surface area contributed by atoms with Crippen LogP contribution in [-0.4, -0.2) is 90.7 Å². The van der Waals surface area contributed by atoms with Crippen LogP contribution in [0, 0.1) is 10.1 Å². The highest BCUT2D eigenvalue weighted by Gasteiger charge is 2.36. The summed E-state index contributed by atoms with van der Waals surface area (Å²) in [6, 6.07) is 15.4. The Morgan fingerprint density at radius 1 is 0.979 bits per heavy atom. The van der Waals surface area contributed by atoms with E-state index in [4.69, 9.17) is 5.73 Å². The number of hydrogen-bond donors (Lipinski definition) is 6. The lowest BCUT2D eigenvalue weighted by Gasteiger charge is -2.28. The van der Waals surface area contributed by atoms with Crippen LogP contribution >= 0.6 is 0 Å². The summed E-state index contributed by atoms with van der Waals surface area (Å²) in [6.07, 6.45) is 0.0814. The number of rotatable bonds is 9. The maximum atomic E-state index is 13.9. The second kappa shape index (κ2) is 15.9.